The van der Waals surface area contributed by atoms with E-state index in [4.69, 9.17) is 0 Å². The van der Waals surface area contributed by atoms with E-state index in [9.17, 15) is 4.79 Å². The number of nitrogens with one attached hydrogen (secondary N) is 2. The SMILES string of the molecule is CN(C)C1(CNC(=O)c2cc(C3CC3)[nH]n2)CCCCCC1. The molecule has 0 radical (unpaired) electrons. The van der Waals surface area contributed by atoms with E-state index in [0.717, 1.165) is 18.5 Å². The summed E-state index contributed by atoms with van der Waals surface area (Å²) in [6, 6.07) is 1.92. The number of nitrogens with zero attached hydrogens (tertiary/aromatic N) is 2. The summed E-state index contributed by atoms with van der Waals surface area (Å²) < 4.78 is 0. The zero-order chi connectivity index (χ0) is 15.6. The Balaban J connectivity index is 1.61. The lowest BCUT2D eigenvalue weighted by Crippen LogP contribution is -2.52. The van der Waals surface area contributed by atoms with Crippen LogP contribution in [0.3, 0.4) is 0 Å². The van der Waals surface area contributed by atoms with Crippen LogP contribution in [0.5, 0.6) is 0 Å². The number of carbonyl (C=O) groups excluding carboxylic acids is 1. The number of aromatic nitrogens is 2. The number of hydrogen-bond donors (Lipinski definition) is 2. The van der Waals surface area contributed by atoms with Crippen LogP contribution in [-0.2, 0) is 0 Å². The van der Waals surface area contributed by atoms with Gasteiger partial charge in [0.25, 0.3) is 5.91 Å². The molecule has 22 heavy (non-hydrogen) atoms. The molecule has 1 aromatic heterocycles. The first kappa shape index (κ1) is 15.5. The summed E-state index contributed by atoms with van der Waals surface area (Å²) in [7, 11) is 4.27. The highest BCUT2D eigenvalue weighted by Crippen LogP contribution is 2.39. The molecule has 0 bridgehead atoms. The molecular formula is C17H28N4O. The van der Waals surface area contributed by atoms with Crippen molar-refractivity contribution in [3.63, 3.8) is 0 Å². The number of H-pyrrole nitrogens is 1. The molecule has 2 fully saturated rings. The largest absolute Gasteiger partial charge is 0.349 e. The first-order chi connectivity index (χ1) is 10.6. The molecule has 0 aromatic carbocycles. The highest BCUT2D eigenvalue weighted by atomic mass is 16.1. The second kappa shape index (κ2) is 6.41. The maximum absolute atomic E-state index is 12.4. The number of amides is 1. The van der Waals surface area contributed by atoms with Gasteiger partial charge in [-0.3, -0.25) is 9.89 Å². The Morgan fingerprint density at radius 1 is 1.32 bits per heavy atom. The minimum atomic E-state index is -0.0476. The zero-order valence-electron chi connectivity index (χ0n) is 13.8. The average molecular weight is 304 g/mol. The number of likely N-dealkylation sites (N-methyl/N-ethyl adjacent to an activating group) is 1. The number of carbonyl (C=O) groups is 1. The van der Waals surface area contributed by atoms with E-state index < -0.39 is 0 Å². The molecule has 0 spiro atoms. The van der Waals surface area contributed by atoms with Gasteiger partial charge in [0.05, 0.1) is 0 Å². The first-order valence-corrected chi connectivity index (χ1v) is 8.62. The van der Waals surface area contributed by atoms with Crippen molar-refractivity contribution in [3.05, 3.63) is 17.5 Å². The first-order valence-electron chi connectivity index (χ1n) is 8.62. The van der Waals surface area contributed by atoms with Crippen LogP contribution >= 0.6 is 0 Å². The normalized spacial score (nSPS) is 21.6. The lowest BCUT2D eigenvalue weighted by Gasteiger charge is -2.39. The lowest BCUT2D eigenvalue weighted by atomic mass is 9.88. The van der Waals surface area contributed by atoms with Crippen LogP contribution in [0, 0.1) is 0 Å². The fourth-order valence-electron chi connectivity index (χ4n) is 3.56. The number of aromatic amines is 1. The maximum Gasteiger partial charge on any atom is 0.271 e. The summed E-state index contributed by atoms with van der Waals surface area (Å²) in [5.74, 6) is 0.553. The van der Waals surface area contributed by atoms with Crippen LogP contribution < -0.4 is 5.32 Å². The molecule has 2 N–H and O–H groups in total. The van der Waals surface area contributed by atoms with Gasteiger partial charge < -0.3 is 10.2 Å². The van der Waals surface area contributed by atoms with E-state index in [0.29, 0.717) is 18.2 Å². The van der Waals surface area contributed by atoms with Crippen LogP contribution in [0.1, 0.15) is 73.5 Å². The van der Waals surface area contributed by atoms with Gasteiger partial charge in [0.2, 0.25) is 0 Å². The Hall–Kier alpha value is -1.36. The quantitative estimate of drug-likeness (QED) is 0.822. The Morgan fingerprint density at radius 2 is 2.00 bits per heavy atom. The third-order valence-corrected chi connectivity index (χ3v) is 5.41. The number of rotatable bonds is 5. The van der Waals surface area contributed by atoms with Crippen molar-refractivity contribution in [1.29, 1.82) is 0 Å². The summed E-state index contributed by atoms with van der Waals surface area (Å²) in [6.45, 7) is 0.713. The topological polar surface area (TPSA) is 61.0 Å². The predicted molar refractivity (Wildman–Crippen MR) is 87.0 cm³/mol. The molecule has 1 amide bonds. The van der Waals surface area contributed by atoms with Crippen LogP contribution in [-0.4, -0.2) is 47.2 Å². The fourth-order valence-corrected chi connectivity index (χ4v) is 3.56. The van der Waals surface area contributed by atoms with Crippen molar-refractivity contribution in [1.82, 2.24) is 20.4 Å². The standard InChI is InChI=1S/C17H28N4O/c1-21(2)17(9-5-3-4-6-10-17)12-18-16(22)15-11-14(19-20-15)13-7-8-13/h11,13H,3-10,12H2,1-2H3,(H,18,22)(H,19,20). The molecule has 2 aliphatic carbocycles. The molecule has 0 aliphatic heterocycles. The highest BCUT2D eigenvalue weighted by Gasteiger charge is 2.34. The maximum atomic E-state index is 12.4. The molecule has 3 rings (SSSR count). The van der Waals surface area contributed by atoms with Gasteiger partial charge in [-0.25, -0.2) is 0 Å². The summed E-state index contributed by atoms with van der Waals surface area (Å²) >= 11 is 0. The summed E-state index contributed by atoms with van der Waals surface area (Å²) in [6.07, 6.45) is 9.88. The van der Waals surface area contributed by atoms with Crippen LogP contribution in [0.25, 0.3) is 0 Å². The molecule has 5 heteroatoms. The molecule has 1 heterocycles. The molecule has 5 nitrogen and oxygen atoms in total. The third kappa shape index (κ3) is 3.35. The van der Waals surface area contributed by atoms with Crippen LogP contribution in [0.2, 0.25) is 0 Å². The van der Waals surface area contributed by atoms with Crippen molar-refractivity contribution < 1.29 is 4.79 Å². The zero-order valence-corrected chi connectivity index (χ0v) is 13.8. The molecule has 0 unspecified atom stereocenters. The number of hydrogen-bond acceptors (Lipinski definition) is 3. The van der Waals surface area contributed by atoms with Gasteiger partial charge in [-0.15, -0.1) is 0 Å². The van der Waals surface area contributed by atoms with E-state index in [2.05, 4.69) is 34.5 Å². The van der Waals surface area contributed by atoms with Crippen molar-refractivity contribution in [3.8, 4) is 0 Å². The highest BCUT2D eigenvalue weighted by molar-refractivity contribution is 5.92. The van der Waals surface area contributed by atoms with Gasteiger partial charge in [-0.1, -0.05) is 25.7 Å². The summed E-state index contributed by atoms with van der Waals surface area (Å²) in [5, 5.41) is 10.3. The molecule has 2 saturated carbocycles. The second-order valence-electron chi connectivity index (χ2n) is 7.20. The van der Waals surface area contributed by atoms with Crippen molar-refractivity contribution in [2.45, 2.75) is 62.8 Å². The van der Waals surface area contributed by atoms with Crippen molar-refractivity contribution >= 4 is 5.91 Å². The van der Waals surface area contributed by atoms with Gasteiger partial charge in [0, 0.05) is 23.7 Å². The van der Waals surface area contributed by atoms with Crippen LogP contribution in [0.4, 0.5) is 0 Å². The molecular weight excluding hydrogens is 276 g/mol. The lowest BCUT2D eigenvalue weighted by molar-refractivity contribution is 0.0864. The van der Waals surface area contributed by atoms with Crippen LogP contribution in [0.15, 0.2) is 6.07 Å². The van der Waals surface area contributed by atoms with E-state index in [1.54, 1.807) is 0 Å². The predicted octanol–water partition coefficient (Wildman–Crippen LogP) is 2.67. The molecule has 0 atom stereocenters. The molecule has 2 aliphatic rings. The smallest absolute Gasteiger partial charge is 0.271 e. The van der Waals surface area contributed by atoms with E-state index in [-0.39, 0.29) is 11.4 Å². The average Bonchev–Trinajstić information content (AvgIpc) is 3.28. The fraction of sp³-hybridized carbons (Fsp3) is 0.765. The van der Waals surface area contributed by atoms with Gasteiger partial charge in [0.1, 0.15) is 5.69 Å². The summed E-state index contributed by atoms with van der Waals surface area (Å²) in [4.78, 5) is 14.7. The monoisotopic (exact) mass is 304 g/mol. The Labute approximate surface area is 132 Å². The summed E-state index contributed by atoms with van der Waals surface area (Å²) in [5.41, 5.74) is 1.74. The third-order valence-electron chi connectivity index (χ3n) is 5.41. The van der Waals surface area contributed by atoms with Gasteiger partial charge in [0.15, 0.2) is 0 Å². The second-order valence-corrected chi connectivity index (χ2v) is 7.20. The van der Waals surface area contributed by atoms with E-state index in [1.807, 2.05) is 6.07 Å². The van der Waals surface area contributed by atoms with E-state index in [1.165, 1.54) is 38.5 Å². The van der Waals surface area contributed by atoms with Crippen molar-refractivity contribution in [2.75, 3.05) is 20.6 Å². The van der Waals surface area contributed by atoms with Gasteiger partial charge in [-0.2, -0.15) is 5.10 Å². The molecule has 1 aromatic rings. The minimum Gasteiger partial charge on any atom is -0.349 e. The minimum absolute atomic E-state index is 0.0476. The Bertz CT molecular complexity index is 510. The Morgan fingerprint density at radius 3 is 2.59 bits per heavy atom. The van der Waals surface area contributed by atoms with E-state index >= 15 is 0 Å². The van der Waals surface area contributed by atoms with Gasteiger partial charge in [-0.05, 0) is 45.8 Å². The van der Waals surface area contributed by atoms with Gasteiger partial charge >= 0.3 is 0 Å². The Kier molecular flexibility index (Phi) is 4.52. The molecule has 122 valence electrons. The molecule has 0 saturated heterocycles. The van der Waals surface area contributed by atoms with Crippen molar-refractivity contribution in [2.24, 2.45) is 0 Å².